The summed E-state index contributed by atoms with van der Waals surface area (Å²) in [5, 5.41) is 2.86. The third kappa shape index (κ3) is 3.30. The van der Waals surface area contributed by atoms with Gasteiger partial charge in [0.1, 0.15) is 0 Å². The molecule has 0 spiro atoms. The molecule has 1 aromatic heterocycles. The first-order chi connectivity index (χ1) is 9.61. The molecule has 1 heterocycles. The molecule has 5 nitrogen and oxygen atoms in total. The van der Waals surface area contributed by atoms with Gasteiger partial charge in [0.25, 0.3) is 5.91 Å². The topological polar surface area (TPSA) is 64.1 Å². The number of nitrogens with zero attached hydrogens (tertiary/aromatic N) is 2. The van der Waals surface area contributed by atoms with Crippen LogP contribution in [-0.2, 0) is 4.74 Å². The lowest BCUT2D eigenvalue weighted by Crippen LogP contribution is -2.25. The summed E-state index contributed by atoms with van der Waals surface area (Å²) in [6.07, 6.45) is 0.800. The Balaban J connectivity index is 2.14. The average Bonchev–Trinajstić information content (AvgIpc) is 2.44. The van der Waals surface area contributed by atoms with E-state index in [0.717, 1.165) is 28.8 Å². The maximum absolute atomic E-state index is 12.0. The lowest BCUT2D eigenvalue weighted by atomic mass is 10.1. The highest BCUT2D eigenvalue weighted by Gasteiger charge is 2.08. The minimum Gasteiger partial charge on any atom is -0.385 e. The Kier molecular flexibility index (Phi) is 4.63. The molecular formula is C15H19N3O2. The Labute approximate surface area is 118 Å². The maximum atomic E-state index is 12.0. The summed E-state index contributed by atoms with van der Waals surface area (Å²) in [7, 11) is 1.65. The number of methoxy groups -OCH3 is 1. The molecule has 5 heteroatoms. The fourth-order valence-electron chi connectivity index (χ4n) is 1.89. The van der Waals surface area contributed by atoms with Crippen LogP contribution in [-0.4, -0.2) is 36.1 Å². The highest BCUT2D eigenvalue weighted by molar-refractivity contribution is 5.97. The second kappa shape index (κ2) is 6.43. The van der Waals surface area contributed by atoms with E-state index in [1.165, 1.54) is 0 Å². The zero-order valence-electron chi connectivity index (χ0n) is 12.1. The van der Waals surface area contributed by atoms with Crippen molar-refractivity contribution in [3.63, 3.8) is 0 Å². The Bertz CT molecular complexity index is 626. The number of hydrogen-bond donors (Lipinski definition) is 1. The molecule has 0 saturated carbocycles. The molecule has 0 aliphatic heterocycles. The average molecular weight is 273 g/mol. The highest BCUT2D eigenvalue weighted by atomic mass is 16.5. The molecule has 0 atom stereocenters. The van der Waals surface area contributed by atoms with E-state index >= 15 is 0 Å². The van der Waals surface area contributed by atoms with Crippen LogP contribution in [0.15, 0.2) is 18.2 Å². The van der Waals surface area contributed by atoms with Gasteiger partial charge in [-0.1, -0.05) is 0 Å². The van der Waals surface area contributed by atoms with E-state index in [1.54, 1.807) is 19.2 Å². The number of hydrogen-bond acceptors (Lipinski definition) is 4. The number of fused-ring (bicyclic) bond motifs is 1. The van der Waals surface area contributed by atoms with Gasteiger partial charge < -0.3 is 10.1 Å². The first-order valence-electron chi connectivity index (χ1n) is 6.64. The molecule has 2 rings (SSSR count). The quantitative estimate of drug-likeness (QED) is 0.846. The van der Waals surface area contributed by atoms with Crippen LogP contribution in [0, 0.1) is 13.8 Å². The van der Waals surface area contributed by atoms with Crippen molar-refractivity contribution in [3.8, 4) is 0 Å². The summed E-state index contributed by atoms with van der Waals surface area (Å²) in [4.78, 5) is 20.9. The van der Waals surface area contributed by atoms with Crippen molar-refractivity contribution in [1.82, 2.24) is 15.3 Å². The summed E-state index contributed by atoms with van der Waals surface area (Å²) in [5.41, 5.74) is 3.96. The minimum absolute atomic E-state index is 0.0944. The standard InChI is InChI=1S/C15H19N3O2/c1-10-11(2)18-14-9-12(5-6-13(14)17-10)15(19)16-7-4-8-20-3/h5-6,9H,4,7-8H2,1-3H3,(H,16,19). The predicted octanol–water partition coefficient (Wildman–Crippen LogP) is 2.01. The molecule has 0 aliphatic rings. The number of rotatable bonds is 5. The van der Waals surface area contributed by atoms with Crippen molar-refractivity contribution in [2.24, 2.45) is 0 Å². The van der Waals surface area contributed by atoms with Gasteiger partial charge in [0.15, 0.2) is 0 Å². The van der Waals surface area contributed by atoms with Crippen molar-refractivity contribution in [1.29, 1.82) is 0 Å². The molecule has 20 heavy (non-hydrogen) atoms. The van der Waals surface area contributed by atoms with Crippen molar-refractivity contribution in [2.45, 2.75) is 20.3 Å². The molecule has 1 amide bonds. The summed E-state index contributed by atoms with van der Waals surface area (Å²) in [6, 6.07) is 5.39. The maximum Gasteiger partial charge on any atom is 0.251 e. The van der Waals surface area contributed by atoms with E-state index in [2.05, 4.69) is 15.3 Å². The van der Waals surface area contributed by atoms with Crippen molar-refractivity contribution >= 4 is 16.9 Å². The second-order valence-electron chi connectivity index (χ2n) is 4.70. The minimum atomic E-state index is -0.0944. The zero-order chi connectivity index (χ0) is 14.5. The van der Waals surface area contributed by atoms with Crippen LogP contribution in [0.1, 0.15) is 28.2 Å². The molecule has 0 radical (unpaired) electrons. The number of amides is 1. The summed E-state index contributed by atoms with van der Waals surface area (Å²) < 4.78 is 4.94. The second-order valence-corrected chi connectivity index (χ2v) is 4.70. The normalized spacial score (nSPS) is 10.8. The molecule has 0 fully saturated rings. The Morgan fingerprint density at radius 3 is 2.60 bits per heavy atom. The van der Waals surface area contributed by atoms with Crippen LogP contribution in [0.3, 0.4) is 0 Å². The first kappa shape index (κ1) is 14.4. The van der Waals surface area contributed by atoms with Gasteiger partial charge in [0.05, 0.1) is 22.4 Å². The van der Waals surface area contributed by atoms with E-state index < -0.39 is 0 Å². The van der Waals surface area contributed by atoms with Crippen molar-refractivity contribution in [2.75, 3.05) is 20.3 Å². The molecule has 0 aliphatic carbocycles. The SMILES string of the molecule is COCCCNC(=O)c1ccc2nc(C)c(C)nc2c1. The van der Waals surface area contributed by atoms with E-state index in [4.69, 9.17) is 4.74 Å². The largest absolute Gasteiger partial charge is 0.385 e. The van der Waals surface area contributed by atoms with Gasteiger partial charge >= 0.3 is 0 Å². The van der Waals surface area contributed by atoms with Gasteiger partial charge in [-0.05, 0) is 38.5 Å². The Morgan fingerprint density at radius 1 is 1.20 bits per heavy atom. The predicted molar refractivity (Wildman–Crippen MR) is 77.8 cm³/mol. The van der Waals surface area contributed by atoms with Crippen LogP contribution >= 0.6 is 0 Å². The molecule has 1 aromatic carbocycles. The van der Waals surface area contributed by atoms with Crippen LogP contribution < -0.4 is 5.32 Å². The van der Waals surface area contributed by atoms with Gasteiger partial charge in [-0.15, -0.1) is 0 Å². The van der Waals surface area contributed by atoms with Crippen LogP contribution in [0.25, 0.3) is 11.0 Å². The number of nitrogens with one attached hydrogen (secondary N) is 1. The highest BCUT2D eigenvalue weighted by Crippen LogP contribution is 2.14. The third-order valence-corrected chi connectivity index (χ3v) is 3.15. The van der Waals surface area contributed by atoms with E-state index in [9.17, 15) is 4.79 Å². The van der Waals surface area contributed by atoms with Gasteiger partial charge in [-0.2, -0.15) is 0 Å². The smallest absolute Gasteiger partial charge is 0.251 e. The summed E-state index contributed by atoms with van der Waals surface area (Å²) in [6.45, 7) is 5.09. The Morgan fingerprint density at radius 2 is 1.90 bits per heavy atom. The van der Waals surface area contributed by atoms with Crippen molar-refractivity contribution < 1.29 is 9.53 Å². The molecule has 1 N–H and O–H groups in total. The molecule has 2 aromatic rings. The van der Waals surface area contributed by atoms with E-state index in [1.807, 2.05) is 19.9 Å². The van der Waals surface area contributed by atoms with Gasteiger partial charge in [0, 0.05) is 25.8 Å². The molecular weight excluding hydrogens is 254 g/mol. The molecule has 0 saturated heterocycles. The van der Waals surface area contributed by atoms with Crippen molar-refractivity contribution in [3.05, 3.63) is 35.2 Å². The number of carbonyl (C=O) groups excluding carboxylic acids is 1. The lowest BCUT2D eigenvalue weighted by Gasteiger charge is -2.07. The lowest BCUT2D eigenvalue weighted by molar-refractivity contribution is 0.0948. The number of ether oxygens (including phenoxy) is 1. The third-order valence-electron chi connectivity index (χ3n) is 3.15. The Hall–Kier alpha value is -2.01. The molecule has 0 bridgehead atoms. The fraction of sp³-hybridized carbons (Fsp3) is 0.400. The van der Waals surface area contributed by atoms with Gasteiger partial charge in [0.2, 0.25) is 0 Å². The first-order valence-corrected chi connectivity index (χ1v) is 6.64. The van der Waals surface area contributed by atoms with Gasteiger partial charge in [-0.25, -0.2) is 9.97 Å². The van der Waals surface area contributed by atoms with E-state index in [-0.39, 0.29) is 5.91 Å². The summed E-state index contributed by atoms with van der Waals surface area (Å²) in [5.74, 6) is -0.0944. The number of aromatic nitrogens is 2. The number of aryl methyl sites for hydroxylation is 2. The number of benzene rings is 1. The van der Waals surface area contributed by atoms with Crippen LogP contribution in [0.4, 0.5) is 0 Å². The monoisotopic (exact) mass is 273 g/mol. The molecule has 0 unspecified atom stereocenters. The molecule has 106 valence electrons. The van der Waals surface area contributed by atoms with E-state index in [0.29, 0.717) is 18.7 Å². The summed E-state index contributed by atoms with van der Waals surface area (Å²) >= 11 is 0. The fourth-order valence-corrected chi connectivity index (χ4v) is 1.89. The zero-order valence-corrected chi connectivity index (χ0v) is 12.1. The van der Waals surface area contributed by atoms with Crippen LogP contribution in [0.5, 0.6) is 0 Å². The van der Waals surface area contributed by atoms with Gasteiger partial charge in [-0.3, -0.25) is 4.79 Å². The number of carbonyl (C=O) groups is 1. The van der Waals surface area contributed by atoms with Crippen LogP contribution in [0.2, 0.25) is 0 Å².